The van der Waals surface area contributed by atoms with Gasteiger partial charge in [-0.2, -0.15) is 13.2 Å². The van der Waals surface area contributed by atoms with Crippen LogP contribution >= 0.6 is 23.4 Å². The van der Waals surface area contributed by atoms with E-state index in [-0.39, 0.29) is 66.0 Å². The molecule has 27 nitrogen and oxygen atoms in total. The molecule has 4 saturated heterocycles. The van der Waals surface area contributed by atoms with Crippen molar-refractivity contribution in [3.63, 3.8) is 0 Å². The van der Waals surface area contributed by atoms with E-state index in [1.807, 2.05) is 79.2 Å². The molecule has 4 aliphatic heterocycles. The van der Waals surface area contributed by atoms with Crippen molar-refractivity contribution in [2.24, 2.45) is 10.8 Å². The van der Waals surface area contributed by atoms with Gasteiger partial charge in [-0.05, 0) is 184 Å². The van der Waals surface area contributed by atoms with Crippen LogP contribution in [0.3, 0.4) is 0 Å². The highest BCUT2D eigenvalue weighted by Crippen LogP contribution is 2.46. The second-order valence-electron chi connectivity index (χ2n) is 32.8. The number of anilines is 2. The Hall–Kier alpha value is -8.22. The topological polar surface area (TPSA) is 307 Å². The second kappa shape index (κ2) is 40.6. The minimum Gasteiger partial charge on any atom is -0.491 e. The Kier molecular flexibility index (Phi) is 30.7. The largest absolute Gasteiger partial charge is 0.501 e. The highest BCUT2D eigenvalue weighted by Gasteiger charge is 2.56. The summed E-state index contributed by atoms with van der Waals surface area (Å²) in [6, 6.07) is 29.0. The van der Waals surface area contributed by atoms with Crippen LogP contribution in [0.4, 0.5) is 24.5 Å². The Morgan fingerprint density at radius 1 is 0.773 bits per heavy atom. The number of aromatic nitrogens is 3. The first-order chi connectivity index (χ1) is 56.9. The summed E-state index contributed by atoms with van der Waals surface area (Å²) in [4.78, 5) is 77.0. The van der Waals surface area contributed by atoms with E-state index in [0.29, 0.717) is 140 Å². The number of hydrogen-bond donors (Lipinski definition) is 5. The monoisotopic (exact) mass is 1730 g/mol. The summed E-state index contributed by atoms with van der Waals surface area (Å²) in [5, 5.41) is 21.2. The van der Waals surface area contributed by atoms with Crippen molar-refractivity contribution < 1.29 is 77.7 Å². The molecule has 2 aliphatic carbocycles. The first kappa shape index (κ1) is 90.0. The fraction of sp³-hybridized carbons (Fsp3) is 0.541. The van der Waals surface area contributed by atoms with E-state index >= 15 is 0 Å². The van der Waals surface area contributed by atoms with Gasteiger partial charge in [-0.3, -0.25) is 38.5 Å². The predicted molar refractivity (Wildman–Crippen MR) is 448 cm³/mol. The predicted octanol–water partition coefficient (Wildman–Crippen LogP) is 10.3. The van der Waals surface area contributed by atoms with Crippen molar-refractivity contribution in [2.45, 2.75) is 175 Å². The summed E-state index contributed by atoms with van der Waals surface area (Å²) >= 11 is 7.64. The Balaban J connectivity index is 0.536. The smallest absolute Gasteiger partial charge is 0.491 e. The second-order valence-corrected chi connectivity index (χ2v) is 37.9. The average molecular weight is 1730 g/mol. The summed E-state index contributed by atoms with van der Waals surface area (Å²) in [6.45, 7) is 19.4. The van der Waals surface area contributed by atoms with Gasteiger partial charge in [0.05, 0.1) is 75.1 Å². The first-order valence-corrected chi connectivity index (χ1v) is 45.3. The molecule has 0 radical (unpaired) electrons. The molecule has 12 rings (SSSR count). The number of hydrogen-bond acceptors (Lipinski definition) is 22. The van der Waals surface area contributed by atoms with Gasteiger partial charge in [-0.15, -0.1) is 16.9 Å². The summed E-state index contributed by atoms with van der Waals surface area (Å²) in [5.41, 5.74) is 0.833. The lowest BCUT2D eigenvalue weighted by Gasteiger charge is -2.39. The number of halogens is 4. The number of nitrogens with zero attached hydrogens (tertiary/aromatic N) is 8. The minimum absolute atomic E-state index is 0.0265. The first-order valence-electron chi connectivity index (χ1n) is 41.0. The summed E-state index contributed by atoms with van der Waals surface area (Å²) < 4.78 is 131. The number of carbonyl (C=O) groups is 5. The van der Waals surface area contributed by atoms with E-state index in [0.717, 1.165) is 92.0 Å². The van der Waals surface area contributed by atoms with Crippen LogP contribution in [0.5, 0.6) is 5.75 Å². The quantitative estimate of drug-likeness (QED) is 0.0179. The number of thioether (sulfide) groups is 1. The normalized spacial score (nSPS) is 20.4. The summed E-state index contributed by atoms with van der Waals surface area (Å²) in [6.07, 6.45) is 8.63. The Morgan fingerprint density at radius 2 is 1.48 bits per heavy atom. The number of sulfonamides is 1. The third kappa shape index (κ3) is 23.9. The van der Waals surface area contributed by atoms with Crippen molar-refractivity contribution in [1.29, 1.82) is 0 Å². The lowest BCUT2D eigenvalue weighted by Crippen LogP contribution is -2.58. The molecule has 0 bridgehead atoms. The highest BCUT2D eigenvalue weighted by molar-refractivity contribution is 7.99. The molecule has 5 aromatic carbocycles. The van der Waals surface area contributed by atoms with Crippen molar-refractivity contribution in [3.05, 3.63) is 160 Å². The van der Waals surface area contributed by atoms with Gasteiger partial charge in [-0.1, -0.05) is 86.5 Å². The molecule has 6 atom stereocenters. The van der Waals surface area contributed by atoms with E-state index < -0.39 is 82.6 Å². The Bertz CT molecular complexity index is 4740. The molecule has 119 heavy (non-hydrogen) atoms. The molecule has 0 saturated carbocycles. The number of rotatable bonds is 37. The van der Waals surface area contributed by atoms with E-state index in [1.54, 1.807) is 46.8 Å². The number of alkyl halides is 3. The number of nitrogens with one attached hydrogen (secondary N) is 5. The van der Waals surface area contributed by atoms with Crippen molar-refractivity contribution in [1.82, 2.24) is 55.3 Å². The summed E-state index contributed by atoms with van der Waals surface area (Å²) in [5.74, 6) is -0.974. The molecular weight excluding hydrogens is 1620 g/mol. The highest BCUT2D eigenvalue weighted by atomic mass is 35.5. The van der Waals surface area contributed by atoms with E-state index in [9.17, 15) is 54.0 Å². The molecule has 5 amide bonds. The number of fused-ring (bicyclic) bond motifs is 2. The molecule has 4 fully saturated rings. The molecule has 6 aliphatic rings. The van der Waals surface area contributed by atoms with Crippen LogP contribution in [0, 0.1) is 10.8 Å². The maximum Gasteiger partial charge on any atom is 0.501 e. The van der Waals surface area contributed by atoms with Crippen LogP contribution in [0.2, 0.25) is 5.02 Å². The number of likely N-dealkylation sites (N-methyl/N-ethyl adjacent to an activating group) is 1. The standard InChI is InChI=1S/C85H111ClF3N13O14S3/c1-58(90-6)79(104)93-74-31-43-116-77-53-84(4,5)78(102(77)82(74)107)81(106)92-72-15-10-12-61-50-67(25-27-71(61)72)115-49-48-113-45-44-112-46-47-114-56-65-55-101(96-94-65)33-11-16-76(103)100-41-35-97(36-42-100)34-30-64(57-117-68-13-8-7-9-14-68)91-73-28-26-69(51-75(73)118(108,109)85(87,88)89)119(110,111)95-80(105)60-19-23-66(24-20-60)99-39-37-98(38-40-99)54-62-52-83(2,3)32-29-70(62)59-17-21-63(86)22-18-59/h7-9,13-14,17-28,50-51,55,58,64,72,74,77-78,90-91H,10-12,15-16,29-49,52-54,56-57H2,1-6H3,(H,92,106)(H,93,104)(H,95,105)/t58-,64+,72+,74-,77-,78+/m0/s1. The molecule has 6 aromatic rings. The number of amides is 5. The Morgan fingerprint density at radius 3 is 2.19 bits per heavy atom. The van der Waals surface area contributed by atoms with Gasteiger partial charge in [0.15, 0.2) is 0 Å². The average Bonchev–Trinajstić information content (AvgIpc) is 1.66. The third-order valence-corrected chi connectivity index (χ3v) is 27.4. The van der Waals surface area contributed by atoms with E-state index in [2.05, 4.69) is 72.3 Å². The van der Waals surface area contributed by atoms with Crippen LogP contribution < -0.4 is 35.6 Å². The number of carbonyl (C=O) groups excluding carboxylic acids is 5. The maximum atomic E-state index is 14.6. The van der Waals surface area contributed by atoms with Gasteiger partial charge < -0.3 is 59.7 Å². The molecule has 5 N–H and O–H groups in total. The number of aryl methyl sites for hydroxylation is 2. The Labute approximate surface area is 704 Å². The van der Waals surface area contributed by atoms with Gasteiger partial charge >= 0.3 is 5.51 Å². The number of piperazine rings is 2. The van der Waals surface area contributed by atoms with Gasteiger partial charge in [-0.25, -0.2) is 21.6 Å². The lowest BCUT2D eigenvalue weighted by atomic mass is 9.73. The third-order valence-electron chi connectivity index (χ3n) is 23.1. The minimum atomic E-state index is -6.17. The molecule has 646 valence electrons. The molecule has 34 heteroatoms. The van der Waals surface area contributed by atoms with Gasteiger partial charge in [0.25, 0.3) is 25.8 Å². The zero-order chi connectivity index (χ0) is 84.7. The number of allylic oxidation sites excluding steroid dienone is 1. The van der Waals surface area contributed by atoms with Crippen LogP contribution in [0.1, 0.15) is 138 Å². The van der Waals surface area contributed by atoms with E-state index in [4.69, 9.17) is 35.3 Å². The zero-order valence-electron chi connectivity index (χ0n) is 68.5. The number of sulfone groups is 1. The fourth-order valence-corrected chi connectivity index (χ4v) is 19.5. The molecule has 1 aromatic heterocycles. The van der Waals surface area contributed by atoms with Gasteiger partial charge in [0.1, 0.15) is 41.3 Å². The van der Waals surface area contributed by atoms with Crippen LogP contribution in [0.15, 0.2) is 142 Å². The van der Waals surface area contributed by atoms with Crippen molar-refractivity contribution in [2.75, 3.05) is 135 Å². The fourth-order valence-electron chi connectivity index (χ4n) is 16.3. The molecule has 5 heterocycles. The van der Waals surface area contributed by atoms with Crippen LogP contribution in [-0.4, -0.2) is 241 Å². The maximum absolute atomic E-state index is 14.6. The number of benzene rings is 5. The molecule has 0 spiro atoms. The van der Waals surface area contributed by atoms with Crippen LogP contribution in [-0.2, 0) is 77.6 Å². The van der Waals surface area contributed by atoms with Gasteiger partial charge in [0, 0.05) is 118 Å². The molecular formula is C85H111ClF3N13O14S3. The van der Waals surface area contributed by atoms with Crippen molar-refractivity contribution in [3.8, 4) is 5.75 Å². The van der Waals surface area contributed by atoms with Crippen LogP contribution in [0.25, 0.3) is 5.57 Å². The lowest BCUT2D eigenvalue weighted by molar-refractivity contribution is -0.150. The zero-order valence-corrected chi connectivity index (χ0v) is 71.7. The number of ether oxygens (including phenoxy) is 5. The van der Waals surface area contributed by atoms with Crippen molar-refractivity contribution >= 4 is 89.7 Å². The van der Waals surface area contributed by atoms with E-state index in [1.165, 1.54) is 40.6 Å². The SMILES string of the molecule is CN[C@@H](C)C(=O)N[C@H]1CCO[C@H]2CC(C)(C)[C@@H](C(=O)N[C@@H]3CCCc4cc(OCCOCCOCCOCc5cn(CCCC(=O)N6CCN(CC[C@H](CSc7ccccc7)Nc7ccc(S(=O)(=O)NC(=O)c8ccc(N9CCN(CC%10=C(c%11ccc(Cl)cc%11)CCC(C)(C)C%10)CC9)cc8)cc7S(=O)(=O)C(F)(F)F)CC6)nn5)ccc43)N2C1=O. The van der Waals surface area contributed by atoms with Gasteiger partial charge in [0.2, 0.25) is 23.6 Å². The summed E-state index contributed by atoms with van der Waals surface area (Å²) in [7, 11) is -9.43. The molecule has 0 unspecified atom stereocenters.